The van der Waals surface area contributed by atoms with Gasteiger partial charge in [-0.05, 0) is 6.08 Å². The number of pyridine rings is 1. The first kappa shape index (κ1) is 13.6. The number of hydrogen-bond acceptors (Lipinski definition) is 4. The zero-order valence-electron chi connectivity index (χ0n) is 8.51. The molecular formula is C9H5F3N2O4. The van der Waals surface area contributed by atoms with Crippen LogP contribution in [-0.4, -0.2) is 21.0 Å². The molecule has 0 atom stereocenters. The van der Waals surface area contributed by atoms with Gasteiger partial charge in [0.25, 0.3) is 5.69 Å². The molecule has 0 unspecified atom stereocenters. The molecule has 1 rings (SSSR count). The molecule has 6 nitrogen and oxygen atoms in total. The maximum Gasteiger partial charge on any atom is 0.418 e. The van der Waals surface area contributed by atoms with Gasteiger partial charge in [0.05, 0.1) is 10.5 Å². The van der Waals surface area contributed by atoms with Crippen molar-refractivity contribution in [3.63, 3.8) is 0 Å². The highest BCUT2D eigenvalue weighted by Gasteiger charge is 2.33. The largest absolute Gasteiger partial charge is 0.478 e. The van der Waals surface area contributed by atoms with Crippen LogP contribution in [0, 0.1) is 10.1 Å². The summed E-state index contributed by atoms with van der Waals surface area (Å²) < 4.78 is 36.9. The van der Waals surface area contributed by atoms with Crippen molar-refractivity contribution in [2.24, 2.45) is 0 Å². The zero-order chi connectivity index (χ0) is 13.9. The van der Waals surface area contributed by atoms with Gasteiger partial charge in [-0.15, -0.1) is 0 Å². The number of nitro groups is 1. The fourth-order valence-corrected chi connectivity index (χ4v) is 1.04. The van der Waals surface area contributed by atoms with E-state index in [0.29, 0.717) is 18.3 Å². The third-order valence-electron chi connectivity index (χ3n) is 1.81. The predicted molar refractivity (Wildman–Crippen MR) is 52.6 cm³/mol. The van der Waals surface area contributed by atoms with Gasteiger partial charge in [-0.25, -0.2) is 9.78 Å². The van der Waals surface area contributed by atoms with Crippen LogP contribution in [0.15, 0.2) is 18.3 Å². The minimum Gasteiger partial charge on any atom is -0.478 e. The Bertz CT molecular complexity index is 525. The summed E-state index contributed by atoms with van der Waals surface area (Å²) in [4.78, 5) is 22.9. The summed E-state index contributed by atoms with van der Waals surface area (Å²) in [6, 6.07) is 0.300. The Kier molecular flexibility index (Phi) is 3.64. The maximum atomic E-state index is 12.3. The van der Waals surface area contributed by atoms with Gasteiger partial charge in [-0.3, -0.25) is 10.1 Å². The fourth-order valence-electron chi connectivity index (χ4n) is 1.04. The van der Waals surface area contributed by atoms with E-state index in [4.69, 9.17) is 5.11 Å². The van der Waals surface area contributed by atoms with Gasteiger partial charge < -0.3 is 5.11 Å². The molecule has 0 radical (unpaired) electrons. The summed E-state index contributed by atoms with van der Waals surface area (Å²) in [5.74, 6) is -1.40. The standard InChI is InChI=1S/C9H5F3N2O4/c10-9(11,12)5-3-7(14(17)18)6(13-4-5)1-2-8(15)16/h1-4H,(H,15,16). The van der Waals surface area contributed by atoms with E-state index in [1.54, 1.807) is 0 Å². The number of carboxylic acids is 1. The van der Waals surface area contributed by atoms with Gasteiger partial charge in [-0.2, -0.15) is 13.2 Å². The average molecular weight is 262 g/mol. The molecule has 1 heterocycles. The van der Waals surface area contributed by atoms with Crippen LogP contribution in [0.5, 0.6) is 0 Å². The van der Waals surface area contributed by atoms with Crippen LogP contribution in [0.25, 0.3) is 6.08 Å². The Morgan fingerprint density at radius 2 is 2.11 bits per heavy atom. The summed E-state index contributed by atoms with van der Waals surface area (Å²) in [7, 11) is 0. The lowest BCUT2D eigenvalue weighted by atomic mass is 10.2. The van der Waals surface area contributed by atoms with E-state index in [0.717, 1.165) is 6.08 Å². The molecule has 0 saturated heterocycles. The Hall–Kier alpha value is -2.45. The smallest absolute Gasteiger partial charge is 0.418 e. The summed E-state index contributed by atoms with van der Waals surface area (Å²) in [5, 5.41) is 18.9. The number of carbonyl (C=O) groups is 1. The molecule has 1 N–H and O–H groups in total. The lowest BCUT2D eigenvalue weighted by Crippen LogP contribution is -2.07. The quantitative estimate of drug-likeness (QED) is 0.511. The molecule has 96 valence electrons. The molecule has 0 aliphatic rings. The third kappa shape index (κ3) is 3.27. The Morgan fingerprint density at radius 3 is 2.56 bits per heavy atom. The molecule has 18 heavy (non-hydrogen) atoms. The van der Waals surface area contributed by atoms with E-state index < -0.39 is 34.0 Å². The normalized spacial score (nSPS) is 11.7. The molecule has 0 aliphatic carbocycles. The topological polar surface area (TPSA) is 93.3 Å². The SMILES string of the molecule is O=C(O)C=Cc1ncc(C(F)(F)F)cc1[N+](=O)[O-]. The Labute approximate surface area is 97.5 Å². The molecule has 0 fully saturated rings. The van der Waals surface area contributed by atoms with E-state index in [9.17, 15) is 28.1 Å². The molecule has 0 saturated carbocycles. The third-order valence-corrected chi connectivity index (χ3v) is 1.81. The van der Waals surface area contributed by atoms with E-state index in [1.165, 1.54) is 0 Å². The second kappa shape index (κ2) is 4.82. The van der Waals surface area contributed by atoms with Gasteiger partial charge in [-0.1, -0.05) is 0 Å². The van der Waals surface area contributed by atoms with Crippen LogP contribution in [0.1, 0.15) is 11.3 Å². The van der Waals surface area contributed by atoms with Crippen LogP contribution in [-0.2, 0) is 11.0 Å². The molecule has 0 aromatic carbocycles. The number of rotatable bonds is 3. The second-order valence-corrected chi connectivity index (χ2v) is 3.05. The summed E-state index contributed by atoms with van der Waals surface area (Å²) in [5.41, 5.74) is -2.65. The summed E-state index contributed by atoms with van der Waals surface area (Å²) >= 11 is 0. The molecule has 0 aliphatic heterocycles. The number of alkyl halides is 3. The average Bonchev–Trinajstić information content (AvgIpc) is 2.24. The molecular weight excluding hydrogens is 257 g/mol. The monoisotopic (exact) mass is 262 g/mol. The van der Waals surface area contributed by atoms with Gasteiger partial charge in [0.15, 0.2) is 0 Å². The number of nitrogens with zero attached hydrogens (tertiary/aromatic N) is 2. The number of aliphatic carboxylic acids is 1. The molecule has 0 spiro atoms. The molecule has 1 aromatic heterocycles. The van der Waals surface area contributed by atoms with Crippen molar-refractivity contribution in [2.45, 2.75) is 6.18 Å². The van der Waals surface area contributed by atoms with Gasteiger partial charge in [0.1, 0.15) is 5.69 Å². The van der Waals surface area contributed by atoms with Gasteiger partial charge >= 0.3 is 12.1 Å². The first-order chi connectivity index (χ1) is 8.21. The second-order valence-electron chi connectivity index (χ2n) is 3.05. The van der Waals surface area contributed by atoms with Crippen molar-refractivity contribution in [3.05, 3.63) is 39.7 Å². The molecule has 9 heteroatoms. The molecule has 0 amide bonds. The van der Waals surface area contributed by atoms with E-state index in [-0.39, 0.29) is 0 Å². The summed E-state index contributed by atoms with van der Waals surface area (Å²) in [6.45, 7) is 0. The Morgan fingerprint density at radius 1 is 1.50 bits per heavy atom. The first-order valence-corrected chi connectivity index (χ1v) is 4.34. The minimum absolute atomic E-state index is 0.300. The maximum absolute atomic E-state index is 12.3. The van der Waals surface area contributed by atoms with Gasteiger partial charge in [0.2, 0.25) is 0 Å². The van der Waals surface area contributed by atoms with Crippen molar-refractivity contribution < 1.29 is 28.0 Å². The summed E-state index contributed by atoms with van der Waals surface area (Å²) in [6.07, 6.45) is -3.06. The lowest BCUT2D eigenvalue weighted by molar-refractivity contribution is -0.385. The first-order valence-electron chi connectivity index (χ1n) is 4.34. The van der Waals surface area contributed by atoms with E-state index >= 15 is 0 Å². The van der Waals surface area contributed by atoms with E-state index in [2.05, 4.69) is 4.98 Å². The fraction of sp³-hybridized carbons (Fsp3) is 0.111. The van der Waals surface area contributed by atoms with Crippen LogP contribution in [0.2, 0.25) is 0 Å². The van der Waals surface area contributed by atoms with Crippen molar-refractivity contribution in [1.82, 2.24) is 4.98 Å². The zero-order valence-corrected chi connectivity index (χ0v) is 8.51. The van der Waals surface area contributed by atoms with E-state index in [1.807, 2.05) is 0 Å². The van der Waals surface area contributed by atoms with Crippen LogP contribution < -0.4 is 0 Å². The number of carboxylic acid groups (broad SMARTS) is 1. The van der Waals surface area contributed by atoms with Crippen molar-refractivity contribution in [1.29, 1.82) is 0 Å². The lowest BCUT2D eigenvalue weighted by Gasteiger charge is -2.06. The highest BCUT2D eigenvalue weighted by molar-refractivity contribution is 5.85. The van der Waals surface area contributed by atoms with Crippen LogP contribution in [0.4, 0.5) is 18.9 Å². The van der Waals surface area contributed by atoms with Crippen molar-refractivity contribution in [2.75, 3.05) is 0 Å². The number of halogens is 3. The van der Waals surface area contributed by atoms with Gasteiger partial charge in [0, 0.05) is 18.3 Å². The number of hydrogen-bond donors (Lipinski definition) is 1. The van der Waals surface area contributed by atoms with Crippen LogP contribution in [0.3, 0.4) is 0 Å². The Balaban J connectivity index is 3.30. The molecule has 1 aromatic rings. The van der Waals surface area contributed by atoms with Crippen LogP contribution >= 0.6 is 0 Å². The van der Waals surface area contributed by atoms with Crippen molar-refractivity contribution >= 4 is 17.7 Å². The predicted octanol–water partition coefficient (Wildman–Crippen LogP) is 2.11. The van der Waals surface area contributed by atoms with Crippen molar-refractivity contribution in [3.8, 4) is 0 Å². The minimum atomic E-state index is -4.76. The molecule has 0 bridgehead atoms. The number of aromatic nitrogens is 1. The highest BCUT2D eigenvalue weighted by atomic mass is 19.4. The highest BCUT2D eigenvalue weighted by Crippen LogP contribution is 2.32.